The number of alkyl halides is 1. The molecule has 0 aromatic heterocycles. The molecule has 2 amide bonds. The molecule has 3 atom stereocenters. The number of ether oxygens (including phenoxy) is 2. The molecule has 0 radical (unpaired) electrons. The molecule has 1 fully saturated rings. The van der Waals surface area contributed by atoms with Crippen LogP contribution in [0.5, 0.6) is 0 Å². The summed E-state index contributed by atoms with van der Waals surface area (Å²) in [6.45, 7) is 5.42. The number of benzene rings is 1. The first-order valence-electron chi connectivity index (χ1n) is 8.84. The van der Waals surface area contributed by atoms with Gasteiger partial charge in [-0.05, 0) is 39.2 Å². The van der Waals surface area contributed by atoms with Crippen molar-refractivity contribution in [3.05, 3.63) is 35.9 Å². The summed E-state index contributed by atoms with van der Waals surface area (Å²) in [5, 5.41) is 5.25. The summed E-state index contributed by atoms with van der Waals surface area (Å²) in [5.74, 6) is 0. The molecule has 1 aliphatic carbocycles. The molecule has 0 heterocycles. The molecule has 7 heteroatoms. The minimum absolute atomic E-state index is 0.126. The summed E-state index contributed by atoms with van der Waals surface area (Å²) in [5.41, 5.74) is 0.258. The minimum atomic E-state index is -1.25. The van der Waals surface area contributed by atoms with Crippen LogP contribution in [0.15, 0.2) is 30.3 Å². The molecule has 0 saturated heterocycles. The van der Waals surface area contributed by atoms with Gasteiger partial charge in [-0.2, -0.15) is 0 Å². The molecule has 1 aromatic rings. The zero-order chi connectivity index (χ0) is 19.2. The normalized spacial score (nSPS) is 23.0. The fourth-order valence-electron chi connectivity index (χ4n) is 2.80. The van der Waals surface area contributed by atoms with Crippen LogP contribution in [0.25, 0.3) is 0 Å². The Morgan fingerprint density at radius 2 is 1.81 bits per heavy atom. The van der Waals surface area contributed by atoms with Crippen LogP contribution in [0.1, 0.15) is 45.6 Å². The van der Waals surface area contributed by atoms with Crippen LogP contribution in [0, 0.1) is 0 Å². The Bertz CT molecular complexity index is 603. The molecule has 0 aliphatic heterocycles. The Morgan fingerprint density at radius 1 is 1.12 bits per heavy atom. The van der Waals surface area contributed by atoms with E-state index in [-0.39, 0.29) is 19.1 Å². The van der Waals surface area contributed by atoms with Crippen molar-refractivity contribution < 1.29 is 23.5 Å². The fraction of sp³-hybridized carbons (Fsp3) is 0.579. The minimum Gasteiger partial charge on any atom is -0.445 e. The van der Waals surface area contributed by atoms with Gasteiger partial charge in [-0.25, -0.2) is 14.0 Å². The molecule has 144 valence electrons. The Labute approximate surface area is 153 Å². The van der Waals surface area contributed by atoms with Crippen LogP contribution in [-0.4, -0.2) is 36.0 Å². The Morgan fingerprint density at radius 3 is 2.42 bits per heavy atom. The molecular weight excluding hydrogens is 339 g/mol. The lowest BCUT2D eigenvalue weighted by Crippen LogP contribution is -2.50. The number of alkyl carbamates (subject to hydrolysis) is 2. The van der Waals surface area contributed by atoms with E-state index in [4.69, 9.17) is 9.47 Å². The summed E-state index contributed by atoms with van der Waals surface area (Å²) in [7, 11) is 0. The molecule has 1 aliphatic rings. The van der Waals surface area contributed by atoms with E-state index < -0.39 is 30.0 Å². The quantitative estimate of drug-likeness (QED) is 0.852. The van der Waals surface area contributed by atoms with Gasteiger partial charge in [0.25, 0.3) is 0 Å². The van der Waals surface area contributed by atoms with Crippen LogP contribution < -0.4 is 10.6 Å². The Balaban J connectivity index is 1.72. The predicted octanol–water partition coefficient (Wildman–Crippen LogP) is 3.70. The highest BCUT2D eigenvalue weighted by Crippen LogP contribution is 2.22. The lowest BCUT2D eigenvalue weighted by Gasteiger charge is -2.32. The van der Waals surface area contributed by atoms with E-state index in [2.05, 4.69) is 10.6 Å². The fourth-order valence-corrected chi connectivity index (χ4v) is 2.80. The third kappa shape index (κ3) is 6.90. The van der Waals surface area contributed by atoms with Gasteiger partial charge in [0.05, 0.1) is 6.04 Å². The van der Waals surface area contributed by atoms with Gasteiger partial charge in [0.1, 0.15) is 18.4 Å². The van der Waals surface area contributed by atoms with E-state index in [1.807, 2.05) is 30.3 Å². The largest absolute Gasteiger partial charge is 0.445 e. The van der Waals surface area contributed by atoms with Gasteiger partial charge in [-0.15, -0.1) is 0 Å². The average molecular weight is 366 g/mol. The summed E-state index contributed by atoms with van der Waals surface area (Å²) >= 11 is 0. The van der Waals surface area contributed by atoms with Crippen molar-refractivity contribution in [1.29, 1.82) is 0 Å². The number of carbonyl (C=O) groups is 2. The molecule has 0 unspecified atom stereocenters. The zero-order valence-electron chi connectivity index (χ0n) is 15.5. The maximum atomic E-state index is 14.3. The highest BCUT2D eigenvalue weighted by atomic mass is 19.1. The standard InChI is InChI=1S/C19H27FN2O4/c1-19(2,3)26-18(24)22-16-10-9-14(11-15(16)20)21-17(23)25-12-13-7-5-4-6-8-13/h4-8,14-16H,9-12H2,1-3H3,(H,21,23)(H,22,24)/t14-,15+,16-/m1/s1. The van der Waals surface area contributed by atoms with E-state index in [0.29, 0.717) is 12.8 Å². The maximum absolute atomic E-state index is 14.3. The van der Waals surface area contributed by atoms with Gasteiger partial charge in [-0.3, -0.25) is 0 Å². The van der Waals surface area contributed by atoms with E-state index in [1.165, 1.54) is 0 Å². The topological polar surface area (TPSA) is 76.7 Å². The molecule has 0 bridgehead atoms. The number of carbonyl (C=O) groups excluding carboxylic acids is 2. The third-order valence-corrected chi connectivity index (χ3v) is 4.01. The van der Waals surface area contributed by atoms with Crippen LogP contribution >= 0.6 is 0 Å². The lowest BCUT2D eigenvalue weighted by atomic mass is 9.89. The molecular formula is C19H27FN2O4. The van der Waals surface area contributed by atoms with Crippen LogP contribution in [0.4, 0.5) is 14.0 Å². The third-order valence-electron chi connectivity index (χ3n) is 4.01. The van der Waals surface area contributed by atoms with Crippen molar-refractivity contribution in [1.82, 2.24) is 10.6 Å². The van der Waals surface area contributed by atoms with Crippen molar-refractivity contribution in [3.8, 4) is 0 Å². The zero-order valence-corrected chi connectivity index (χ0v) is 15.5. The molecule has 1 aromatic carbocycles. The molecule has 6 nitrogen and oxygen atoms in total. The van der Waals surface area contributed by atoms with Gasteiger partial charge < -0.3 is 20.1 Å². The van der Waals surface area contributed by atoms with E-state index in [9.17, 15) is 14.0 Å². The van der Waals surface area contributed by atoms with Crippen LogP contribution in [0.2, 0.25) is 0 Å². The molecule has 2 N–H and O–H groups in total. The number of rotatable bonds is 4. The number of amides is 2. The Kier molecular flexibility index (Phi) is 6.83. The number of halogens is 1. The first kappa shape index (κ1) is 20.0. The van der Waals surface area contributed by atoms with E-state index >= 15 is 0 Å². The number of hydrogen-bond donors (Lipinski definition) is 2. The van der Waals surface area contributed by atoms with E-state index in [1.54, 1.807) is 20.8 Å². The van der Waals surface area contributed by atoms with E-state index in [0.717, 1.165) is 5.56 Å². The van der Waals surface area contributed by atoms with Gasteiger partial charge in [0, 0.05) is 12.5 Å². The van der Waals surface area contributed by atoms with Crippen LogP contribution in [0.3, 0.4) is 0 Å². The van der Waals surface area contributed by atoms with Gasteiger partial charge >= 0.3 is 12.2 Å². The summed E-state index contributed by atoms with van der Waals surface area (Å²) in [4.78, 5) is 23.6. The Hall–Kier alpha value is -2.31. The number of nitrogens with one attached hydrogen (secondary N) is 2. The van der Waals surface area contributed by atoms with Crippen molar-refractivity contribution in [3.63, 3.8) is 0 Å². The predicted molar refractivity (Wildman–Crippen MR) is 95.5 cm³/mol. The maximum Gasteiger partial charge on any atom is 0.407 e. The molecule has 26 heavy (non-hydrogen) atoms. The molecule has 1 saturated carbocycles. The summed E-state index contributed by atoms with van der Waals surface area (Å²) in [6, 6.07) is 8.41. The van der Waals surface area contributed by atoms with Gasteiger partial charge in [0.2, 0.25) is 0 Å². The van der Waals surface area contributed by atoms with Crippen LogP contribution in [-0.2, 0) is 16.1 Å². The SMILES string of the molecule is CC(C)(C)OC(=O)N[C@@H]1CC[C@@H](NC(=O)OCc2ccccc2)C[C@@H]1F. The summed E-state index contributed by atoms with van der Waals surface area (Å²) in [6.07, 6.45) is -1.34. The lowest BCUT2D eigenvalue weighted by molar-refractivity contribution is 0.0436. The highest BCUT2D eigenvalue weighted by Gasteiger charge is 2.33. The van der Waals surface area contributed by atoms with Gasteiger partial charge in [-0.1, -0.05) is 30.3 Å². The average Bonchev–Trinajstić information content (AvgIpc) is 2.55. The van der Waals surface area contributed by atoms with Gasteiger partial charge in [0.15, 0.2) is 0 Å². The second kappa shape index (κ2) is 8.87. The molecule has 0 spiro atoms. The van der Waals surface area contributed by atoms with Crippen molar-refractivity contribution in [2.45, 2.75) is 70.5 Å². The van der Waals surface area contributed by atoms with Crippen molar-refractivity contribution in [2.75, 3.05) is 0 Å². The van der Waals surface area contributed by atoms with Crippen molar-refractivity contribution >= 4 is 12.2 Å². The monoisotopic (exact) mass is 366 g/mol. The second-order valence-electron chi connectivity index (χ2n) is 7.48. The van der Waals surface area contributed by atoms with Crippen molar-refractivity contribution in [2.24, 2.45) is 0 Å². The smallest absolute Gasteiger partial charge is 0.407 e. The first-order valence-corrected chi connectivity index (χ1v) is 8.84. The second-order valence-corrected chi connectivity index (χ2v) is 7.48. The summed E-state index contributed by atoms with van der Waals surface area (Å²) < 4.78 is 24.6. The molecule has 2 rings (SSSR count). The highest BCUT2D eigenvalue weighted by molar-refractivity contribution is 5.68. The number of hydrogen-bond acceptors (Lipinski definition) is 4. The first-order chi connectivity index (χ1) is 12.2.